The fraction of sp³-hybridized carbons (Fsp3) is 0.333. The van der Waals surface area contributed by atoms with Gasteiger partial charge in [-0.15, -0.1) is 4.83 Å². The van der Waals surface area contributed by atoms with Crippen LogP contribution in [0.3, 0.4) is 0 Å². The van der Waals surface area contributed by atoms with E-state index in [0.717, 1.165) is 0 Å². The number of hydrogen-bond acceptors (Lipinski definition) is 4. The van der Waals surface area contributed by atoms with Crippen LogP contribution in [-0.2, 0) is 19.9 Å². The third kappa shape index (κ3) is 6.92. The molecule has 0 aromatic heterocycles. The summed E-state index contributed by atoms with van der Waals surface area (Å²) in [6.07, 6.45) is -0.886. The van der Waals surface area contributed by atoms with Crippen LogP contribution in [0, 0.1) is 0 Å². The van der Waals surface area contributed by atoms with Gasteiger partial charge in [-0.2, -0.15) is 8.42 Å². The van der Waals surface area contributed by atoms with E-state index in [-0.39, 0.29) is 0 Å². The average molecular weight is 198 g/mol. The maximum atomic E-state index is 10.4. The maximum absolute atomic E-state index is 10.4. The second-order valence-electron chi connectivity index (χ2n) is 1.70. The molecule has 8 nitrogen and oxygen atoms in total. The lowest BCUT2D eigenvalue weighted by molar-refractivity contribution is -0.140. The first kappa shape index (κ1) is 10.8. The van der Waals surface area contributed by atoms with Gasteiger partial charge in [0, 0.05) is 0 Å². The van der Waals surface area contributed by atoms with Crippen LogP contribution in [0.1, 0.15) is 6.42 Å². The Morgan fingerprint density at radius 2 is 1.83 bits per heavy atom. The Kier molecular flexibility index (Phi) is 3.60. The molecule has 0 radical (unpaired) electrons. The molecule has 0 aliphatic heterocycles. The van der Waals surface area contributed by atoms with Gasteiger partial charge >= 0.3 is 16.3 Å². The van der Waals surface area contributed by atoms with E-state index in [2.05, 4.69) is 0 Å². The van der Waals surface area contributed by atoms with Gasteiger partial charge in [0.1, 0.15) is 6.42 Å². The standard InChI is InChI=1S/C3H6N2O6S/c6-2(1-3(7)8)4-5-12(9,10)11/h5H,1H2,(H,4,6)(H,7,8)(H,9,10,11). The number of hydrogen-bond donors (Lipinski definition) is 4. The van der Waals surface area contributed by atoms with Crippen molar-refractivity contribution in [3.63, 3.8) is 0 Å². The second kappa shape index (κ2) is 3.99. The van der Waals surface area contributed by atoms with Crippen molar-refractivity contribution in [2.75, 3.05) is 0 Å². The first-order chi connectivity index (χ1) is 5.31. The predicted molar refractivity (Wildman–Crippen MR) is 35.1 cm³/mol. The molecule has 0 aromatic carbocycles. The molecular weight excluding hydrogens is 192 g/mol. The van der Waals surface area contributed by atoms with E-state index in [1.54, 1.807) is 0 Å². The molecule has 0 rings (SSSR count). The summed E-state index contributed by atoms with van der Waals surface area (Å²) in [5.41, 5.74) is 1.45. The Morgan fingerprint density at radius 3 is 2.17 bits per heavy atom. The lowest BCUT2D eigenvalue weighted by Gasteiger charge is -2.00. The Bertz CT molecular complexity index is 281. The average Bonchev–Trinajstić information content (AvgIpc) is 1.80. The molecule has 12 heavy (non-hydrogen) atoms. The smallest absolute Gasteiger partial charge is 0.350 e. The van der Waals surface area contributed by atoms with Gasteiger partial charge in [0.05, 0.1) is 0 Å². The van der Waals surface area contributed by atoms with Crippen molar-refractivity contribution in [2.24, 2.45) is 0 Å². The molecule has 1 amide bonds. The van der Waals surface area contributed by atoms with E-state index in [1.807, 2.05) is 0 Å². The van der Waals surface area contributed by atoms with E-state index in [0.29, 0.717) is 0 Å². The van der Waals surface area contributed by atoms with E-state index in [4.69, 9.17) is 9.66 Å². The molecule has 70 valence electrons. The zero-order chi connectivity index (χ0) is 9.78. The van der Waals surface area contributed by atoms with Crippen LogP contribution in [0.2, 0.25) is 0 Å². The summed E-state index contributed by atoms with van der Waals surface area (Å²) in [7, 11) is -4.53. The van der Waals surface area contributed by atoms with Gasteiger partial charge in [-0.1, -0.05) is 0 Å². The van der Waals surface area contributed by atoms with Crippen molar-refractivity contribution in [2.45, 2.75) is 6.42 Å². The third-order valence-electron chi connectivity index (χ3n) is 0.631. The normalized spacial score (nSPS) is 10.8. The highest BCUT2D eigenvalue weighted by molar-refractivity contribution is 7.83. The Hall–Kier alpha value is -1.19. The predicted octanol–water partition coefficient (Wildman–Crippen LogP) is -2.12. The molecule has 9 heteroatoms. The number of carbonyl (C=O) groups excluding carboxylic acids is 1. The quantitative estimate of drug-likeness (QED) is 0.232. The largest absolute Gasteiger partial charge is 0.481 e. The lowest BCUT2D eigenvalue weighted by Crippen LogP contribution is -2.41. The molecule has 0 unspecified atom stereocenters. The molecule has 4 N–H and O–H groups in total. The third-order valence-corrected chi connectivity index (χ3v) is 0.991. The lowest BCUT2D eigenvalue weighted by atomic mass is 10.4. The minimum atomic E-state index is -4.53. The molecule has 0 saturated carbocycles. The minimum Gasteiger partial charge on any atom is -0.481 e. The van der Waals surface area contributed by atoms with Gasteiger partial charge in [0.2, 0.25) is 5.91 Å². The van der Waals surface area contributed by atoms with Gasteiger partial charge in [-0.3, -0.25) is 19.6 Å². The van der Waals surface area contributed by atoms with Gasteiger partial charge in [0.15, 0.2) is 0 Å². The summed E-state index contributed by atoms with van der Waals surface area (Å²) >= 11 is 0. The zero-order valence-electron chi connectivity index (χ0n) is 5.64. The molecule has 0 aromatic rings. The summed E-state index contributed by atoms with van der Waals surface area (Å²) in [4.78, 5) is 21.4. The first-order valence-corrected chi connectivity index (χ1v) is 4.00. The highest BCUT2D eigenvalue weighted by Crippen LogP contribution is 1.77. The number of aliphatic carboxylic acids is 1. The van der Waals surface area contributed by atoms with Crippen LogP contribution >= 0.6 is 0 Å². The summed E-state index contributed by atoms with van der Waals surface area (Å²) < 4.78 is 27.8. The number of carbonyl (C=O) groups is 2. The van der Waals surface area contributed by atoms with E-state index < -0.39 is 28.6 Å². The van der Waals surface area contributed by atoms with Crippen LogP contribution < -0.4 is 10.3 Å². The van der Waals surface area contributed by atoms with Crippen molar-refractivity contribution in [1.82, 2.24) is 10.3 Å². The topological polar surface area (TPSA) is 133 Å². The van der Waals surface area contributed by atoms with Crippen LogP contribution in [0.15, 0.2) is 0 Å². The van der Waals surface area contributed by atoms with Crippen LogP contribution in [0.4, 0.5) is 0 Å². The molecule has 0 aliphatic carbocycles. The zero-order valence-corrected chi connectivity index (χ0v) is 6.46. The van der Waals surface area contributed by atoms with Crippen LogP contribution in [0.25, 0.3) is 0 Å². The molecule has 0 fully saturated rings. The molecule has 0 spiro atoms. The summed E-state index contributed by atoms with van der Waals surface area (Å²) in [6.45, 7) is 0. The Balaban J connectivity index is 3.81. The van der Waals surface area contributed by atoms with Gasteiger partial charge in [0.25, 0.3) is 0 Å². The summed E-state index contributed by atoms with van der Waals surface area (Å²) in [6, 6.07) is 0. The van der Waals surface area contributed by atoms with Crippen LogP contribution in [-0.4, -0.2) is 30.0 Å². The maximum Gasteiger partial charge on any atom is 0.350 e. The second-order valence-corrected chi connectivity index (χ2v) is 2.85. The minimum absolute atomic E-state index is 0.886. The van der Waals surface area contributed by atoms with E-state index in [1.165, 1.54) is 10.3 Å². The highest BCUT2D eigenvalue weighted by Gasteiger charge is 2.09. The number of carboxylic acids is 1. The van der Waals surface area contributed by atoms with Crippen molar-refractivity contribution in [3.8, 4) is 0 Å². The van der Waals surface area contributed by atoms with Crippen molar-refractivity contribution in [3.05, 3.63) is 0 Å². The molecule has 0 atom stereocenters. The number of nitrogens with one attached hydrogen (secondary N) is 2. The van der Waals surface area contributed by atoms with Crippen molar-refractivity contribution < 1.29 is 27.7 Å². The van der Waals surface area contributed by atoms with Crippen LogP contribution in [0.5, 0.6) is 0 Å². The summed E-state index contributed by atoms with van der Waals surface area (Å²) in [5, 5.41) is 8.01. The highest BCUT2D eigenvalue weighted by atomic mass is 32.2. The molecule has 0 saturated heterocycles. The van der Waals surface area contributed by atoms with Gasteiger partial charge < -0.3 is 5.11 Å². The molecule has 0 aliphatic rings. The molecule has 0 bridgehead atoms. The van der Waals surface area contributed by atoms with E-state index in [9.17, 15) is 18.0 Å². The Labute approximate surface area is 67.4 Å². The number of carboxylic acid groups (broad SMARTS) is 1. The van der Waals surface area contributed by atoms with Gasteiger partial charge in [-0.25, -0.2) is 0 Å². The molecular formula is C3H6N2O6S. The van der Waals surface area contributed by atoms with Crippen molar-refractivity contribution in [1.29, 1.82) is 0 Å². The fourth-order valence-corrected chi connectivity index (χ4v) is 0.546. The summed E-state index contributed by atoms with van der Waals surface area (Å²) in [5.74, 6) is -2.50. The first-order valence-electron chi connectivity index (χ1n) is 2.56. The van der Waals surface area contributed by atoms with E-state index >= 15 is 0 Å². The Morgan fingerprint density at radius 1 is 1.33 bits per heavy atom. The van der Waals surface area contributed by atoms with Crippen molar-refractivity contribution >= 4 is 22.2 Å². The fourth-order valence-electron chi connectivity index (χ4n) is 0.303. The monoisotopic (exact) mass is 198 g/mol. The van der Waals surface area contributed by atoms with Gasteiger partial charge in [-0.05, 0) is 0 Å². The number of amides is 1. The number of rotatable bonds is 4. The number of hydrazine groups is 1. The SMILES string of the molecule is O=C(O)CC(=O)NNS(=O)(=O)O. The molecule has 0 heterocycles.